The topological polar surface area (TPSA) is 66.4 Å². The number of hydrogen-bond donors (Lipinski definition) is 2. The van der Waals surface area contributed by atoms with Crippen molar-refractivity contribution in [1.29, 1.82) is 0 Å². The van der Waals surface area contributed by atoms with Crippen molar-refractivity contribution in [2.75, 3.05) is 0 Å². The van der Waals surface area contributed by atoms with E-state index in [-0.39, 0.29) is 16.5 Å². The van der Waals surface area contributed by atoms with Crippen molar-refractivity contribution in [2.24, 2.45) is 0 Å². The zero-order valence-electron chi connectivity index (χ0n) is 13.4. The molecule has 2 unspecified atom stereocenters. The first kappa shape index (κ1) is 17.1. The molecule has 0 saturated heterocycles. The highest BCUT2D eigenvalue weighted by Gasteiger charge is 2.22. The van der Waals surface area contributed by atoms with Crippen LogP contribution < -0.4 is 5.32 Å². The summed E-state index contributed by atoms with van der Waals surface area (Å²) in [6, 6.07) is 15.2. The third kappa shape index (κ3) is 3.69. The van der Waals surface area contributed by atoms with Gasteiger partial charge in [0.25, 0.3) is 5.91 Å². The number of rotatable bonds is 5. The zero-order chi connectivity index (χ0) is 18.0. The van der Waals surface area contributed by atoms with Gasteiger partial charge in [0.2, 0.25) is 6.17 Å². The van der Waals surface area contributed by atoms with Crippen molar-refractivity contribution in [2.45, 2.75) is 19.1 Å². The summed E-state index contributed by atoms with van der Waals surface area (Å²) in [7, 11) is 0. The molecule has 2 aromatic carbocycles. The molecule has 0 fully saturated rings. The predicted octanol–water partition coefficient (Wildman–Crippen LogP) is 4.49. The van der Waals surface area contributed by atoms with Crippen LogP contribution in [0, 0.1) is 0 Å². The SMILES string of the molecule is CC(NC(=O)C(F)c1ccc2cc(C(=O)O)sc2c1)c1ccccc1. The highest BCUT2D eigenvalue weighted by molar-refractivity contribution is 7.20. The summed E-state index contributed by atoms with van der Waals surface area (Å²) < 4.78 is 15.2. The Hall–Kier alpha value is -2.73. The van der Waals surface area contributed by atoms with Gasteiger partial charge in [-0.1, -0.05) is 42.5 Å². The van der Waals surface area contributed by atoms with Gasteiger partial charge in [-0.2, -0.15) is 0 Å². The van der Waals surface area contributed by atoms with E-state index >= 15 is 0 Å². The highest BCUT2D eigenvalue weighted by atomic mass is 32.1. The number of fused-ring (bicyclic) bond motifs is 1. The van der Waals surface area contributed by atoms with Crippen molar-refractivity contribution < 1.29 is 19.1 Å². The molecule has 1 amide bonds. The van der Waals surface area contributed by atoms with Crippen molar-refractivity contribution in [3.63, 3.8) is 0 Å². The van der Waals surface area contributed by atoms with Gasteiger partial charge < -0.3 is 10.4 Å². The molecule has 4 nitrogen and oxygen atoms in total. The van der Waals surface area contributed by atoms with Crippen LogP contribution in [0.2, 0.25) is 0 Å². The van der Waals surface area contributed by atoms with E-state index in [9.17, 15) is 14.0 Å². The largest absolute Gasteiger partial charge is 0.477 e. The first-order valence-electron chi connectivity index (χ1n) is 7.72. The minimum Gasteiger partial charge on any atom is -0.477 e. The molecule has 0 aliphatic heterocycles. The monoisotopic (exact) mass is 357 g/mol. The Morgan fingerprint density at radius 2 is 1.80 bits per heavy atom. The van der Waals surface area contributed by atoms with E-state index in [4.69, 9.17) is 5.11 Å². The maximum atomic E-state index is 14.6. The fourth-order valence-corrected chi connectivity index (χ4v) is 3.52. The molecule has 1 aromatic heterocycles. The number of alkyl halides is 1. The standard InChI is InChI=1S/C19H16FNO3S/c1-11(12-5-3-2-4-6-12)21-18(22)17(20)14-8-7-13-9-16(19(23)24)25-15(13)10-14/h2-11,17H,1H3,(H,21,22)(H,23,24). The summed E-state index contributed by atoms with van der Waals surface area (Å²) in [4.78, 5) is 23.4. The first-order valence-corrected chi connectivity index (χ1v) is 8.53. The van der Waals surface area contributed by atoms with E-state index in [2.05, 4.69) is 5.32 Å². The number of aromatic carboxylic acids is 1. The van der Waals surface area contributed by atoms with Gasteiger partial charge in [0, 0.05) is 4.70 Å². The Morgan fingerprint density at radius 3 is 2.48 bits per heavy atom. The fraction of sp³-hybridized carbons (Fsp3) is 0.158. The number of carbonyl (C=O) groups excluding carboxylic acids is 1. The molecule has 3 rings (SSSR count). The van der Waals surface area contributed by atoms with Gasteiger partial charge >= 0.3 is 5.97 Å². The molecule has 0 saturated carbocycles. The van der Waals surface area contributed by atoms with Crippen LogP contribution in [0.5, 0.6) is 0 Å². The number of benzene rings is 2. The number of amides is 1. The molecule has 25 heavy (non-hydrogen) atoms. The Labute approximate surface area is 147 Å². The summed E-state index contributed by atoms with van der Waals surface area (Å²) in [5, 5.41) is 12.4. The number of carboxylic acid groups (broad SMARTS) is 1. The van der Waals surface area contributed by atoms with E-state index in [1.807, 2.05) is 30.3 Å². The minimum absolute atomic E-state index is 0.185. The molecule has 128 valence electrons. The number of hydrogen-bond acceptors (Lipinski definition) is 3. The van der Waals surface area contributed by atoms with Crippen LogP contribution >= 0.6 is 11.3 Å². The van der Waals surface area contributed by atoms with Crippen LogP contribution in [0.1, 0.15) is 39.9 Å². The number of halogens is 1. The summed E-state index contributed by atoms with van der Waals surface area (Å²) in [6.45, 7) is 1.79. The molecule has 0 spiro atoms. The average molecular weight is 357 g/mol. The van der Waals surface area contributed by atoms with Crippen molar-refractivity contribution in [3.05, 3.63) is 70.6 Å². The molecule has 0 aliphatic rings. The molecule has 1 heterocycles. The molecular formula is C19H16FNO3S. The Balaban J connectivity index is 1.77. The number of nitrogens with one attached hydrogen (secondary N) is 1. The molecule has 0 aliphatic carbocycles. The lowest BCUT2D eigenvalue weighted by atomic mass is 10.1. The Morgan fingerprint density at radius 1 is 1.08 bits per heavy atom. The third-order valence-corrected chi connectivity index (χ3v) is 5.02. The van der Waals surface area contributed by atoms with E-state index in [1.165, 1.54) is 18.2 Å². The summed E-state index contributed by atoms with van der Waals surface area (Å²) >= 11 is 1.06. The lowest BCUT2D eigenvalue weighted by molar-refractivity contribution is -0.126. The molecule has 3 aromatic rings. The van der Waals surface area contributed by atoms with Gasteiger partial charge in [0.15, 0.2) is 0 Å². The van der Waals surface area contributed by atoms with Crippen LogP contribution in [-0.4, -0.2) is 17.0 Å². The van der Waals surface area contributed by atoms with Gasteiger partial charge in [-0.05, 0) is 35.6 Å². The van der Waals surface area contributed by atoms with E-state index < -0.39 is 18.0 Å². The molecule has 6 heteroatoms. The van der Waals surface area contributed by atoms with Gasteiger partial charge in [0.1, 0.15) is 4.88 Å². The zero-order valence-corrected chi connectivity index (χ0v) is 14.2. The minimum atomic E-state index is -1.81. The average Bonchev–Trinajstić information content (AvgIpc) is 3.05. The lowest BCUT2D eigenvalue weighted by Crippen LogP contribution is -2.30. The summed E-state index contributed by atoms with van der Waals surface area (Å²) in [5.74, 6) is -1.74. The quantitative estimate of drug-likeness (QED) is 0.707. The molecule has 2 atom stereocenters. The normalized spacial score (nSPS) is 13.4. The fourth-order valence-electron chi connectivity index (χ4n) is 2.57. The molecular weight excluding hydrogens is 341 g/mol. The van der Waals surface area contributed by atoms with Crippen molar-refractivity contribution in [1.82, 2.24) is 5.32 Å². The van der Waals surface area contributed by atoms with E-state index in [1.54, 1.807) is 13.0 Å². The van der Waals surface area contributed by atoms with Crippen LogP contribution in [0.4, 0.5) is 4.39 Å². The van der Waals surface area contributed by atoms with Crippen LogP contribution in [0.15, 0.2) is 54.6 Å². The Kier molecular flexibility index (Phi) is 4.81. The third-order valence-electron chi connectivity index (χ3n) is 3.94. The van der Waals surface area contributed by atoms with Crippen LogP contribution in [-0.2, 0) is 4.79 Å². The Bertz CT molecular complexity index is 923. The van der Waals surface area contributed by atoms with E-state index in [0.717, 1.165) is 22.3 Å². The summed E-state index contributed by atoms with van der Waals surface area (Å²) in [5.41, 5.74) is 1.10. The van der Waals surface area contributed by atoms with E-state index in [0.29, 0.717) is 4.70 Å². The van der Waals surface area contributed by atoms with Crippen LogP contribution in [0.25, 0.3) is 10.1 Å². The van der Waals surface area contributed by atoms with Crippen molar-refractivity contribution in [3.8, 4) is 0 Å². The maximum Gasteiger partial charge on any atom is 0.345 e. The number of thiophene rings is 1. The highest BCUT2D eigenvalue weighted by Crippen LogP contribution is 2.30. The molecule has 0 bridgehead atoms. The second kappa shape index (κ2) is 7.03. The van der Waals surface area contributed by atoms with Gasteiger partial charge in [0.05, 0.1) is 6.04 Å². The number of carboxylic acids is 1. The smallest absolute Gasteiger partial charge is 0.345 e. The predicted molar refractivity (Wildman–Crippen MR) is 95.6 cm³/mol. The van der Waals surface area contributed by atoms with Crippen molar-refractivity contribution >= 4 is 33.3 Å². The molecule has 2 N–H and O–H groups in total. The maximum absolute atomic E-state index is 14.6. The van der Waals surface area contributed by atoms with Gasteiger partial charge in [-0.25, -0.2) is 9.18 Å². The molecule has 0 radical (unpaired) electrons. The lowest BCUT2D eigenvalue weighted by Gasteiger charge is -2.16. The second-order valence-corrected chi connectivity index (χ2v) is 6.80. The summed E-state index contributed by atoms with van der Waals surface area (Å²) in [6.07, 6.45) is -1.81. The first-order chi connectivity index (χ1) is 12.0. The van der Waals surface area contributed by atoms with Gasteiger partial charge in [-0.15, -0.1) is 11.3 Å². The van der Waals surface area contributed by atoms with Crippen LogP contribution in [0.3, 0.4) is 0 Å². The van der Waals surface area contributed by atoms with Gasteiger partial charge in [-0.3, -0.25) is 4.79 Å². The number of carbonyl (C=O) groups is 2. The second-order valence-electron chi connectivity index (χ2n) is 5.72.